The lowest BCUT2D eigenvalue weighted by molar-refractivity contribution is 0.0655. The number of carbonyl (C=O) groups excluding carboxylic acids is 1. The summed E-state index contributed by atoms with van der Waals surface area (Å²) in [4.78, 5) is 14.4. The zero-order chi connectivity index (χ0) is 13.9. The minimum absolute atomic E-state index is 0.118. The van der Waals surface area contributed by atoms with Crippen molar-refractivity contribution in [3.05, 3.63) is 29.8 Å². The van der Waals surface area contributed by atoms with Crippen molar-refractivity contribution in [3.63, 3.8) is 0 Å². The number of rotatable bonds is 4. The van der Waals surface area contributed by atoms with E-state index in [-0.39, 0.29) is 11.9 Å². The highest BCUT2D eigenvalue weighted by Crippen LogP contribution is 2.29. The summed E-state index contributed by atoms with van der Waals surface area (Å²) in [6.45, 7) is 5.41. The Labute approximate surface area is 120 Å². The summed E-state index contributed by atoms with van der Waals surface area (Å²) in [6.07, 6.45) is 2.58. The maximum Gasteiger partial charge on any atom is 0.254 e. The second-order valence-corrected chi connectivity index (χ2v) is 5.83. The van der Waals surface area contributed by atoms with Crippen molar-refractivity contribution in [1.29, 1.82) is 0 Å². The fourth-order valence-electron chi connectivity index (χ4n) is 2.50. The molecular formula is C16H22N2O2. The Balaban J connectivity index is 1.61. The van der Waals surface area contributed by atoms with E-state index >= 15 is 0 Å². The first-order valence-electron chi connectivity index (χ1n) is 7.48. The van der Waals surface area contributed by atoms with Gasteiger partial charge in [-0.05, 0) is 49.9 Å². The van der Waals surface area contributed by atoms with Gasteiger partial charge in [-0.15, -0.1) is 0 Å². The molecule has 20 heavy (non-hydrogen) atoms. The van der Waals surface area contributed by atoms with Gasteiger partial charge < -0.3 is 15.0 Å². The third kappa shape index (κ3) is 3.12. The van der Waals surface area contributed by atoms with E-state index in [1.807, 2.05) is 29.2 Å². The number of benzene rings is 1. The smallest absolute Gasteiger partial charge is 0.254 e. The Bertz CT molecular complexity index is 468. The Kier molecular flexibility index (Phi) is 3.92. The minimum atomic E-state index is 0.118. The maximum atomic E-state index is 12.5. The van der Waals surface area contributed by atoms with Crippen molar-refractivity contribution < 1.29 is 9.53 Å². The fraction of sp³-hybridized carbons (Fsp3) is 0.562. The molecule has 2 aliphatic rings. The maximum absolute atomic E-state index is 12.5. The number of carbonyl (C=O) groups is 1. The van der Waals surface area contributed by atoms with Crippen LogP contribution in [0.5, 0.6) is 5.75 Å². The molecule has 3 rings (SSSR count). The van der Waals surface area contributed by atoms with Gasteiger partial charge in [0.15, 0.2) is 0 Å². The molecule has 1 heterocycles. The number of nitrogens with zero attached hydrogens (tertiary/aromatic N) is 1. The molecule has 1 N–H and O–H groups in total. The van der Waals surface area contributed by atoms with Crippen LogP contribution in [0.25, 0.3) is 0 Å². The molecule has 4 nitrogen and oxygen atoms in total. The molecule has 1 aliphatic carbocycles. The Morgan fingerprint density at radius 2 is 2.10 bits per heavy atom. The average molecular weight is 274 g/mol. The Hall–Kier alpha value is -1.55. The molecule has 1 aromatic carbocycles. The molecule has 0 radical (unpaired) electrons. The SMILES string of the molecule is C[C@H]1CNCCN1C(=O)c1ccc(OCC2CC2)cc1. The topological polar surface area (TPSA) is 41.6 Å². The third-order valence-corrected chi connectivity index (χ3v) is 4.05. The van der Waals surface area contributed by atoms with Gasteiger partial charge in [-0.3, -0.25) is 4.79 Å². The van der Waals surface area contributed by atoms with Crippen LogP contribution in [0.2, 0.25) is 0 Å². The van der Waals surface area contributed by atoms with Gasteiger partial charge in [-0.2, -0.15) is 0 Å². The quantitative estimate of drug-likeness (QED) is 0.912. The number of hydrogen-bond donors (Lipinski definition) is 1. The van der Waals surface area contributed by atoms with Crippen LogP contribution in [-0.2, 0) is 0 Å². The van der Waals surface area contributed by atoms with Crippen LogP contribution in [0.3, 0.4) is 0 Å². The van der Waals surface area contributed by atoms with Gasteiger partial charge >= 0.3 is 0 Å². The molecule has 0 unspecified atom stereocenters. The summed E-state index contributed by atoms with van der Waals surface area (Å²) >= 11 is 0. The van der Waals surface area contributed by atoms with Gasteiger partial charge in [0.05, 0.1) is 6.61 Å². The van der Waals surface area contributed by atoms with E-state index in [1.54, 1.807) is 0 Å². The molecule has 0 spiro atoms. The molecular weight excluding hydrogens is 252 g/mol. The molecule has 0 aromatic heterocycles. The van der Waals surface area contributed by atoms with Crippen molar-refractivity contribution in [3.8, 4) is 5.75 Å². The first-order chi connectivity index (χ1) is 9.74. The average Bonchev–Trinajstić information content (AvgIpc) is 3.30. The summed E-state index contributed by atoms with van der Waals surface area (Å²) in [6, 6.07) is 7.81. The zero-order valence-corrected chi connectivity index (χ0v) is 12.0. The van der Waals surface area contributed by atoms with E-state index < -0.39 is 0 Å². The van der Waals surface area contributed by atoms with Crippen molar-refractivity contribution in [1.82, 2.24) is 10.2 Å². The highest BCUT2D eigenvalue weighted by Gasteiger charge is 2.24. The lowest BCUT2D eigenvalue weighted by Gasteiger charge is -2.34. The van der Waals surface area contributed by atoms with Gasteiger partial charge in [0.1, 0.15) is 5.75 Å². The first-order valence-corrected chi connectivity index (χ1v) is 7.48. The van der Waals surface area contributed by atoms with E-state index in [2.05, 4.69) is 12.2 Å². The van der Waals surface area contributed by atoms with E-state index in [0.717, 1.165) is 43.5 Å². The van der Waals surface area contributed by atoms with E-state index in [1.165, 1.54) is 12.8 Å². The summed E-state index contributed by atoms with van der Waals surface area (Å²) in [5.74, 6) is 1.73. The van der Waals surface area contributed by atoms with Crippen molar-refractivity contribution in [2.24, 2.45) is 5.92 Å². The number of nitrogens with one attached hydrogen (secondary N) is 1. The highest BCUT2D eigenvalue weighted by molar-refractivity contribution is 5.94. The van der Waals surface area contributed by atoms with Crippen LogP contribution < -0.4 is 10.1 Å². The summed E-state index contributed by atoms with van der Waals surface area (Å²) in [5.41, 5.74) is 0.748. The van der Waals surface area contributed by atoms with Crippen LogP contribution in [0, 0.1) is 5.92 Å². The largest absolute Gasteiger partial charge is 0.493 e. The summed E-state index contributed by atoms with van der Waals surface area (Å²) in [5, 5.41) is 3.30. The first kappa shape index (κ1) is 13.4. The summed E-state index contributed by atoms with van der Waals surface area (Å²) < 4.78 is 5.70. The zero-order valence-electron chi connectivity index (χ0n) is 12.0. The van der Waals surface area contributed by atoms with Crippen molar-refractivity contribution in [2.45, 2.75) is 25.8 Å². The standard InChI is InChI=1S/C16H22N2O2/c1-12-10-17-8-9-18(12)16(19)14-4-6-15(7-5-14)20-11-13-2-3-13/h4-7,12-13,17H,2-3,8-11H2,1H3/t12-/m0/s1. The predicted molar refractivity (Wildman–Crippen MR) is 78.0 cm³/mol. The van der Waals surface area contributed by atoms with Gasteiger partial charge in [0.25, 0.3) is 5.91 Å². The minimum Gasteiger partial charge on any atom is -0.493 e. The van der Waals surface area contributed by atoms with Crippen LogP contribution in [-0.4, -0.2) is 43.1 Å². The monoisotopic (exact) mass is 274 g/mol. The van der Waals surface area contributed by atoms with Gasteiger partial charge in [-0.1, -0.05) is 0 Å². The van der Waals surface area contributed by atoms with Crippen LogP contribution in [0.1, 0.15) is 30.1 Å². The number of ether oxygens (including phenoxy) is 1. The molecule has 1 saturated heterocycles. The van der Waals surface area contributed by atoms with E-state index in [9.17, 15) is 4.79 Å². The second kappa shape index (κ2) is 5.83. The molecule has 1 aromatic rings. The van der Waals surface area contributed by atoms with E-state index in [4.69, 9.17) is 4.74 Å². The normalized spacial score (nSPS) is 22.6. The fourth-order valence-corrected chi connectivity index (χ4v) is 2.50. The highest BCUT2D eigenvalue weighted by atomic mass is 16.5. The third-order valence-electron chi connectivity index (χ3n) is 4.05. The molecule has 1 aliphatic heterocycles. The van der Waals surface area contributed by atoms with Crippen LogP contribution >= 0.6 is 0 Å². The Morgan fingerprint density at radius 1 is 1.35 bits per heavy atom. The van der Waals surface area contributed by atoms with Gasteiger partial charge in [-0.25, -0.2) is 0 Å². The summed E-state index contributed by atoms with van der Waals surface area (Å²) in [7, 11) is 0. The van der Waals surface area contributed by atoms with Crippen LogP contribution in [0.15, 0.2) is 24.3 Å². The number of piperazine rings is 1. The molecule has 0 bridgehead atoms. The number of amides is 1. The second-order valence-electron chi connectivity index (χ2n) is 5.83. The molecule has 108 valence electrons. The Morgan fingerprint density at radius 3 is 2.75 bits per heavy atom. The molecule has 1 amide bonds. The number of hydrogen-bond acceptors (Lipinski definition) is 3. The van der Waals surface area contributed by atoms with Gasteiger partial charge in [0, 0.05) is 31.2 Å². The molecule has 1 atom stereocenters. The van der Waals surface area contributed by atoms with Crippen molar-refractivity contribution in [2.75, 3.05) is 26.2 Å². The molecule has 2 fully saturated rings. The molecule has 4 heteroatoms. The van der Waals surface area contributed by atoms with Crippen LogP contribution in [0.4, 0.5) is 0 Å². The lowest BCUT2D eigenvalue weighted by Crippen LogP contribution is -2.52. The predicted octanol–water partition coefficient (Wildman–Crippen LogP) is 1.91. The van der Waals surface area contributed by atoms with Crippen molar-refractivity contribution >= 4 is 5.91 Å². The molecule has 1 saturated carbocycles. The van der Waals surface area contributed by atoms with E-state index in [0.29, 0.717) is 0 Å². The lowest BCUT2D eigenvalue weighted by atomic mass is 10.1. The van der Waals surface area contributed by atoms with Gasteiger partial charge in [0.2, 0.25) is 0 Å².